The van der Waals surface area contributed by atoms with Crippen molar-refractivity contribution >= 4 is 29.1 Å². The number of hydrogen-bond donors (Lipinski definition) is 1. The van der Waals surface area contributed by atoms with Crippen molar-refractivity contribution in [3.05, 3.63) is 48.0 Å². The molecule has 1 aliphatic heterocycles. The Kier molecular flexibility index (Phi) is 11.7. The van der Waals surface area contributed by atoms with E-state index in [1.807, 2.05) is 0 Å². The summed E-state index contributed by atoms with van der Waals surface area (Å²) in [7, 11) is 0. The highest BCUT2D eigenvalue weighted by atomic mass is 35.5. The van der Waals surface area contributed by atoms with Gasteiger partial charge in [0, 0.05) is 13.1 Å². The van der Waals surface area contributed by atoms with E-state index in [2.05, 4.69) is 52.7 Å². The van der Waals surface area contributed by atoms with Crippen LogP contribution in [0.2, 0.25) is 0 Å². The molecule has 0 atom stereocenters. The van der Waals surface area contributed by atoms with E-state index in [1.54, 1.807) is 0 Å². The number of amides is 1. The largest absolute Gasteiger partial charge is 0.342 e. The van der Waals surface area contributed by atoms with Crippen LogP contribution >= 0.6 is 12.4 Å². The SMILES string of the molecule is Cl.O=C(Cc1cccc2ccccc12)N1CCC(CNCCCCCCC2CCCCC2)CC1. The molecule has 2 aliphatic rings. The number of fused-ring (bicyclic) bond motifs is 1. The zero-order chi connectivity index (χ0) is 22.7. The lowest BCUT2D eigenvalue weighted by molar-refractivity contribution is -0.131. The maximum Gasteiger partial charge on any atom is 0.227 e. The van der Waals surface area contributed by atoms with Gasteiger partial charge in [-0.05, 0) is 60.5 Å². The first-order valence-electron chi connectivity index (χ1n) is 13.7. The number of halogens is 1. The third-order valence-electron chi connectivity index (χ3n) is 8.06. The van der Waals surface area contributed by atoms with Gasteiger partial charge in [0.05, 0.1) is 6.42 Å². The minimum atomic E-state index is 0. The molecule has 2 aromatic carbocycles. The van der Waals surface area contributed by atoms with Gasteiger partial charge in [-0.3, -0.25) is 4.79 Å². The van der Waals surface area contributed by atoms with Gasteiger partial charge in [-0.25, -0.2) is 0 Å². The van der Waals surface area contributed by atoms with Crippen LogP contribution in [0, 0.1) is 11.8 Å². The van der Waals surface area contributed by atoms with Crippen molar-refractivity contribution < 1.29 is 4.79 Å². The van der Waals surface area contributed by atoms with E-state index >= 15 is 0 Å². The number of unbranched alkanes of at least 4 members (excludes halogenated alkanes) is 3. The molecule has 3 nitrogen and oxygen atoms in total. The second-order valence-corrected chi connectivity index (χ2v) is 10.6. The average molecular weight is 485 g/mol. The van der Waals surface area contributed by atoms with Crippen LogP contribution in [0.3, 0.4) is 0 Å². The molecule has 1 aliphatic carbocycles. The summed E-state index contributed by atoms with van der Waals surface area (Å²) in [5.74, 6) is 2.05. The van der Waals surface area contributed by atoms with Gasteiger partial charge in [-0.2, -0.15) is 0 Å². The van der Waals surface area contributed by atoms with Gasteiger partial charge >= 0.3 is 0 Å². The quantitative estimate of drug-likeness (QED) is 0.343. The summed E-state index contributed by atoms with van der Waals surface area (Å²) in [4.78, 5) is 15.0. The van der Waals surface area contributed by atoms with Crippen molar-refractivity contribution in [2.24, 2.45) is 11.8 Å². The molecule has 1 heterocycles. The average Bonchev–Trinajstić information content (AvgIpc) is 2.87. The smallest absolute Gasteiger partial charge is 0.227 e. The fourth-order valence-electron chi connectivity index (χ4n) is 5.93. The van der Waals surface area contributed by atoms with E-state index in [-0.39, 0.29) is 18.3 Å². The molecule has 1 amide bonds. The first-order chi connectivity index (χ1) is 16.3. The van der Waals surface area contributed by atoms with Crippen LogP contribution in [0.5, 0.6) is 0 Å². The van der Waals surface area contributed by atoms with Gasteiger partial charge in [-0.1, -0.05) is 100 Å². The summed E-state index contributed by atoms with van der Waals surface area (Å²) in [6, 6.07) is 14.7. The van der Waals surface area contributed by atoms with Crippen LogP contribution in [-0.4, -0.2) is 37.0 Å². The van der Waals surface area contributed by atoms with Crippen molar-refractivity contribution in [3.63, 3.8) is 0 Å². The Balaban J connectivity index is 0.00000324. The highest BCUT2D eigenvalue weighted by Gasteiger charge is 2.23. The molecule has 0 bridgehead atoms. The Morgan fingerprint density at radius 1 is 0.824 bits per heavy atom. The summed E-state index contributed by atoms with van der Waals surface area (Å²) >= 11 is 0. The molecule has 4 heteroatoms. The number of likely N-dealkylation sites (tertiary alicyclic amines) is 1. The van der Waals surface area contributed by atoms with Crippen molar-refractivity contribution in [2.45, 2.75) is 83.5 Å². The van der Waals surface area contributed by atoms with Crippen LogP contribution in [0.1, 0.15) is 82.6 Å². The molecule has 1 N–H and O–H groups in total. The van der Waals surface area contributed by atoms with E-state index in [4.69, 9.17) is 0 Å². The van der Waals surface area contributed by atoms with E-state index in [1.165, 1.54) is 75.0 Å². The molecule has 4 rings (SSSR count). The van der Waals surface area contributed by atoms with Gasteiger partial charge in [0.15, 0.2) is 0 Å². The number of benzene rings is 2. The van der Waals surface area contributed by atoms with Crippen molar-refractivity contribution in [2.75, 3.05) is 26.2 Å². The van der Waals surface area contributed by atoms with Crippen molar-refractivity contribution in [1.82, 2.24) is 10.2 Å². The third-order valence-corrected chi connectivity index (χ3v) is 8.06. The maximum atomic E-state index is 12.9. The maximum absolute atomic E-state index is 12.9. The Bertz CT molecular complexity index is 851. The molecule has 0 unspecified atom stereocenters. The highest BCUT2D eigenvalue weighted by Crippen LogP contribution is 2.28. The molecule has 34 heavy (non-hydrogen) atoms. The standard InChI is InChI=1S/C30H44N2O.ClH/c33-30(23-28-16-10-15-27-14-7-8-17-29(27)28)32-21-18-26(19-22-32)24-31-20-9-2-1-4-11-25-12-5-3-6-13-25;/h7-8,10,14-17,25-26,31H,1-6,9,11-13,18-24H2;1H. The van der Waals surface area contributed by atoms with Gasteiger partial charge in [0.1, 0.15) is 0 Å². The van der Waals surface area contributed by atoms with E-state index in [0.29, 0.717) is 6.42 Å². The van der Waals surface area contributed by atoms with E-state index < -0.39 is 0 Å². The van der Waals surface area contributed by atoms with E-state index in [9.17, 15) is 4.79 Å². The van der Waals surface area contributed by atoms with Gasteiger partial charge in [0.2, 0.25) is 5.91 Å². The van der Waals surface area contributed by atoms with E-state index in [0.717, 1.165) is 56.4 Å². The summed E-state index contributed by atoms with van der Waals surface area (Å²) in [6.07, 6.45) is 17.2. The molecule has 0 aromatic heterocycles. The molecule has 2 fully saturated rings. The Morgan fingerprint density at radius 2 is 1.56 bits per heavy atom. The van der Waals surface area contributed by atoms with Crippen molar-refractivity contribution in [3.8, 4) is 0 Å². The predicted octanol–water partition coefficient (Wildman–Crippen LogP) is 7.16. The molecule has 188 valence electrons. The fraction of sp³-hybridized carbons (Fsp3) is 0.633. The van der Waals surface area contributed by atoms with Gasteiger partial charge < -0.3 is 10.2 Å². The Labute approximate surface area is 213 Å². The molecule has 1 saturated carbocycles. The number of carbonyl (C=O) groups excluding carboxylic acids is 1. The normalized spacial score (nSPS) is 17.6. The van der Waals surface area contributed by atoms with Crippen LogP contribution < -0.4 is 5.32 Å². The predicted molar refractivity (Wildman–Crippen MR) is 147 cm³/mol. The summed E-state index contributed by atoms with van der Waals surface area (Å²) in [5.41, 5.74) is 1.15. The molecule has 1 saturated heterocycles. The number of piperidine rings is 1. The molecule has 0 spiro atoms. The monoisotopic (exact) mass is 484 g/mol. The van der Waals surface area contributed by atoms with Gasteiger partial charge in [0.25, 0.3) is 0 Å². The lowest BCUT2D eigenvalue weighted by atomic mass is 9.85. The number of nitrogens with zero attached hydrogens (tertiary/aromatic N) is 1. The fourth-order valence-corrected chi connectivity index (χ4v) is 5.93. The van der Waals surface area contributed by atoms with Crippen LogP contribution in [0.4, 0.5) is 0 Å². The summed E-state index contributed by atoms with van der Waals surface area (Å²) in [6.45, 7) is 4.10. The second kappa shape index (κ2) is 14.7. The minimum Gasteiger partial charge on any atom is -0.342 e. The van der Waals surface area contributed by atoms with Crippen molar-refractivity contribution in [1.29, 1.82) is 0 Å². The molecule has 0 radical (unpaired) electrons. The first kappa shape index (κ1) is 27.0. The molecular formula is C30H45ClN2O. The summed E-state index contributed by atoms with van der Waals surface area (Å²) < 4.78 is 0. The van der Waals surface area contributed by atoms with Crippen LogP contribution in [0.15, 0.2) is 42.5 Å². The van der Waals surface area contributed by atoms with Crippen LogP contribution in [0.25, 0.3) is 10.8 Å². The molecule has 2 aromatic rings. The van der Waals surface area contributed by atoms with Gasteiger partial charge in [-0.15, -0.1) is 12.4 Å². The second-order valence-electron chi connectivity index (χ2n) is 10.6. The molecular weight excluding hydrogens is 440 g/mol. The lowest BCUT2D eigenvalue weighted by Crippen LogP contribution is -2.41. The number of hydrogen-bond acceptors (Lipinski definition) is 2. The number of rotatable bonds is 11. The number of nitrogens with one attached hydrogen (secondary N) is 1. The Morgan fingerprint density at radius 3 is 2.38 bits per heavy atom. The zero-order valence-corrected chi connectivity index (χ0v) is 21.8. The lowest BCUT2D eigenvalue weighted by Gasteiger charge is -2.32. The topological polar surface area (TPSA) is 32.3 Å². The highest BCUT2D eigenvalue weighted by molar-refractivity contribution is 5.90. The first-order valence-corrected chi connectivity index (χ1v) is 13.7. The third kappa shape index (κ3) is 8.27. The summed E-state index contributed by atoms with van der Waals surface area (Å²) in [5, 5.41) is 6.12. The zero-order valence-electron chi connectivity index (χ0n) is 21.0. The van der Waals surface area contributed by atoms with Crippen LogP contribution in [-0.2, 0) is 11.2 Å². The number of carbonyl (C=O) groups is 1. The Hall–Kier alpha value is -1.58. The minimum absolute atomic E-state index is 0.